The lowest BCUT2D eigenvalue weighted by Crippen LogP contribution is -2.24. The largest absolute Gasteiger partial charge is 0.382 e. The van der Waals surface area contributed by atoms with E-state index in [0.717, 1.165) is 72.1 Å². The summed E-state index contributed by atoms with van der Waals surface area (Å²) in [6.45, 7) is 3.65. The van der Waals surface area contributed by atoms with Crippen LogP contribution < -0.4 is 16.0 Å². The minimum Gasteiger partial charge on any atom is -0.382 e. The number of benzene rings is 2. The maximum atomic E-state index is 12.5. The van der Waals surface area contributed by atoms with Crippen molar-refractivity contribution in [2.75, 3.05) is 31.3 Å². The van der Waals surface area contributed by atoms with Gasteiger partial charge in [-0.25, -0.2) is 9.97 Å². The second-order valence-electron chi connectivity index (χ2n) is 8.90. The number of hydrogen-bond acceptors (Lipinski definition) is 5. The number of aryl methyl sites for hydroxylation is 2. The lowest BCUT2D eigenvalue weighted by molar-refractivity contribution is 0.0953. The van der Waals surface area contributed by atoms with Gasteiger partial charge in [0.05, 0.1) is 11.0 Å². The van der Waals surface area contributed by atoms with E-state index < -0.39 is 0 Å². The molecule has 3 N–H and O–H groups in total. The number of amides is 1. The standard InChI is InChI=1S/C27H34N6O/c1-4-5-12-23-31-24-25(21-10-6-7-11-22(21)30-26(24)28)33(23)18-9-8-17-29-27(34)19-13-15-20(16-14-19)32(2)3/h6-7,10-11,13-16H,4-5,8-9,12,17-18H2,1-3H3,(H2,28,30)(H,29,34). The molecule has 2 heterocycles. The van der Waals surface area contributed by atoms with E-state index in [9.17, 15) is 4.79 Å². The molecule has 4 rings (SSSR count). The van der Waals surface area contributed by atoms with Gasteiger partial charge in [-0.1, -0.05) is 31.5 Å². The van der Waals surface area contributed by atoms with Crippen molar-refractivity contribution in [3.63, 3.8) is 0 Å². The van der Waals surface area contributed by atoms with Crippen LogP contribution >= 0.6 is 0 Å². The highest BCUT2D eigenvalue weighted by Gasteiger charge is 2.17. The van der Waals surface area contributed by atoms with Gasteiger partial charge in [0.15, 0.2) is 5.82 Å². The molecule has 4 aromatic rings. The van der Waals surface area contributed by atoms with Gasteiger partial charge >= 0.3 is 0 Å². The summed E-state index contributed by atoms with van der Waals surface area (Å²) < 4.78 is 2.31. The molecular weight excluding hydrogens is 424 g/mol. The summed E-state index contributed by atoms with van der Waals surface area (Å²) in [6, 6.07) is 15.8. The summed E-state index contributed by atoms with van der Waals surface area (Å²) in [5.41, 5.74) is 10.8. The van der Waals surface area contributed by atoms with Crippen LogP contribution in [0.25, 0.3) is 21.9 Å². The molecule has 0 radical (unpaired) electrons. The summed E-state index contributed by atoms with van der Waals surface area (Å²) >= 11 is 0. The number of pyridine rings is 1. The van der Waals surface area contributed by atoms with Gasteiger partial charge in [-0.2, -0.15) is 0 Å². The van der Waals surface area contributed by atoms with Crippen molar-refractivity contribution in [1.82, 2.24) is 19.9 Å². The number of aromatic nitrogens is 3. The van der Waals surface area contributed by atoms with E-state index in [1.807, 2.05) is 61.5 Å². The number of carbonyl (C=O) groups excluding carboxylic acids is 1. The van der Waals surface area contributed by atoms with Crippen LogP contribution in [0.3, 0.4) is 0 Å². The van der Waals surface area contributed by atoms with Gasteiger partial charge in [-0.15, -0.1) is 0 Å². The molecule has 0 spiro atoms. The summed E-state index contributed by atoms with van der Waals surface area (Å²) in [5, 5.41) is 4.13. The number of anilines is 2. The molecule has 0 bridgehead atoms. The molecule has 2 aromatic carbocycles. The molecule has 1 amide bonds. The predicted molar refractivity (Wildman–Crippen MR) is 140 cm³/mol. The highest BCUT2D eigenvalue weighted by Crippen LogP contribution is 2.29. The Hall–Kier alpha value is -3.61. The van der Waals surface area contributed by atoms with Crippen molar-refractivity contribution >= 4 is 39.3 Å². The fourth-order valence-electron chi connectivity index (χ4n) is 4.28. The van der Waals surface area contributed by atoms with E-state index in [1.165, 1.54) is 0 Å². The van der Waals surface area contributed by atoms with Crippen LogP contribution in [-0.4, -0.2) is 41.1 Å². The van der Waals surface area contributed by atoms with Crippen LogP contribution in [0.5, 0.6) is 0 Å². The first kappa shape index (κ1) is 23.5. The number of hydrogen-bond donors (Lipinski definition) is 2. The van der Waals surface area contributed by atoms with Crippen molar-refractivity contribution in [2.45, 2.75) is 45.6 Å². The molecule has 0 atom stereocenters. The van der Waals surface area contributed by atoms with Crippen LogP contribution in [0.4, 0.5) is 11.5 Å². The Balaban J connectivity index is 1.44. The van der Waals surface area contributed by atoms with E-state index in [2.05, 4.69) is 27.9 Å². The third kappa shape index (κ3) is 4.98. The molecule has 0 aliphatic heterocycles. The van der Waals surface area contributed by atoms with Gasteiger partial charge in [0, 0.05) is 50.2 Å². The van der Waals surface area contributed by atoms with E-state index >= 15 is 0 Å². The van der Waals surface area contributed by atoms with E-state index in [1.54, 1.807) is 0 Å². The number of imidazole rings is 1. The third-order valence-electron chi connectivity index (χ3n) is 6.18. The fourth-order valence-corrected chi connectivity index (χ4v) is 4.28. The van der Waals surface area contributed by atoms with Crippen molar-refractivity contribution in [1.29, 1.82) is 0 Å². The minimum absolute atomic E-state index is 0.0353. The number of nitrogens with two attached hydrogens (primary N) is 1. The summed E-state index contributed by atoms with van der Waals surface area (Å²) in [6.07, 6.45) is 4.92. The number of nitrogen functional groups attached to an aromatic ring is 1. The number of fused-ring (bicyclic) bond motifs is 3. The molecule has 0 unspecified atom stereocenters. The van der Waals surface area contributed by atoms with Crippen molar-refractivity contribution in [3.05, 3.63) is 59.9 Å². The summed E-state index contributed by atoms with van der Waals surface area (Å²) in [4.78, 5) is 24.0. The lowest BCUT2D eigenvalue weighted by Gasteiger charge is -2.13. The minimum atomic E-state index is -0.0353. The van der Waals surface area contributed by atoms with Gasteiger partial charge < -0.3 is 20.5 Å². The van der Waals surface area contributed by atoms with Gasteiger partial charge in [-0.05, 0) is 49.6 Å². The summed E-state index contributed by atoms with van der Waals surface area (Å²) in [5.74, 6) is 1.51. The smallest absolute Gasteiger partial charge is 0.251 e. The normalized spacial score (nSPS) is 11.3. The molecule has 2 aromatic heterocycles. The fraction of sp³-hybridized carbons (Fsp3) is 0.370. The van der Waals surface area contributed by atoms with Gasteiger partial charge in [0.25, 0.3) is 5.91 Å². The van der Waals surface area contributed by atoms with E-state index in [4.69, 9.17) is 10.7 Å². The van der Waals surface area contributed by atoms with Crippen molar-refractivity contribution < 1.29 is 4.79 Å². The quantitative estimate of drug-likeness (QED) is 0.334. The zero-order chi connectivity index (χ0) is 24.1. The van der Waals surface area contributed by atoms with Crippen molar-refractivity contribution in [3.8, 4) is 0 Å². The summed E-state index contributed by atoms with van der Waals surface area (Å²) in [7, 11) is 3.97. The van der Waals surface area contributed by atoms with Crippen LogP contribution in [0.15, 0.2) is 48.5 Å². The van der Waals surface area contributed by atoms with Gasteiger partial charge in [-0.3, -0.25) is 4.79 Å². The van der Waals surface area contributed by atoms with Crippen LogP contribution in [0, 0.1) is 0 Å². The molecule has 0 saturated heterocycles. The molecule has 0 aliphatic rings. The maximum Gasteiger partial charge on any atom is 0.251 e. The monoisotopic (exact) mass is 458 g/mol. The molecule has 7 heteroatoms. The second kappa shape index (κ2) is 10.5. The Labute approximate surface area is 201 Å². The number of rotatable bonds is 10. The predicted octanol–water partition coefficient (Wildman–Crippen LogP) is 4.79. The first-order chi connectivity index (χ1) is 16.5. The van der Waals surface area contributed by atoms with E-state index in [-0.39, 0.29) is 5.91 Å². The average molecular weight is 459 g/mol. The lowest BCUT2D eigenvalue weighted by atomic mass is 10.1. The highest BCUT2D eigenvalue weighted by molar-refractivity contribution is 6.06. The van der Waals surface area contributed by atoms with Gasteiger partial charge in [0.2, 0.25) is 0 Å². The topological polar surface area (TPSA) is 89.1 Å². The molecule has 7 nitrogen and oxygen atoms in total. The highest BCUT2D eigenvalue weighted by atomic mass is 16.1. The zero-order valence-electron chi connectivity index (χ0n) is 20.3. The Kier molecular flexibility index (Phi) is 7.30. The van der Waals surface area contributed by atoms with Crippen LogP contribution in [0.2, 0.25) is 0 Å². The molecular formula is C27H34N6O. The number of nitrogens with zero attached hydrogens (tertiary/aromatic N) is 4. The van der Waals surface area contributed by atoms with Gasteiger partial charge in [0.1, 0.15) is 11.3 Å². The Morgan fingerprint density at radius 2 is 1.79 bits per heavy atom. The van der Waals surface area contributed by atoms with Crippen LogP contribution in [0.1, 0.15) is 48.8 Å². The number of nitrogens with one attached hydrogen (secondary N) is 1. The Morgan fingerprint density at radius 1 is 1.03 bits per heavy atom. The SMILES string of the molecule is CCCCc1nc2c(N)nc3ccccc3c2n1CCCCNC(=O)c1ccc(N(C)C)cc1. The molecule has 0 aliphatic carbocycles. The molecule has 178 valence electrons. The van der Waals surface area contributed by atoms with Crippen LogP contribution in [-0.2, 0) is 13.0 Å². The maximum absolute atomic E-state index is 12.5. The number of carbonyl (C=O) groups is 1. The third-order valence-corrected chi connectivity index (χ3v) is 6.18. The van der Waals surface area contributed by atoms with E-state index in [0.29, 0.717) is 17.9 Å². The molecule has 0 fully saturated rings. The van der Waals surface area contributed by atoms with Crippen molar-refractivity contribution in [2.24, 2.45) is 0 Å². The molecule has 34 heavy (non-hydrogen) atoms. The molecule has 0 saturated carbocycles. The Morgan fingerprint density at radius 3 is 2.53 bits per heavy atom. The first-order valence-corrected chi connectivity index (χ1v) is 12.1. The number of para-hydroxylation sites is 1. The Bertz CT molecular complexity index is 1280. The number of unbranched alkanes of at least 4 members (excludes halogenated alkanes) is 2. The zero-order valence-corrected chi connectivity index (χ0v) is 20.3. The first-order valence-electron chi connectivity index (χ1n) is 12.1. The second-order valence-corrected chi connectivity index (χ2v) is 8.90. The average Bonchev–Trinajstić information content (AvgIpc) is 3.21.